The highest BCUT2D eigenvalue weighted by atomic mass is 16.2. The number of amides is 2. The van der Waals surface area contributed by atoms with Crippen LogP contribution in [0.15, 0.2) is 67.0 Å². The Bertz CT molecular complexity index is 862. The second-order valence-electron chi connectivity index (χ2n) is 6.47. The number of hydrogen-bond donors (Lipinski definition) is 1. The standard InChI is InChI=1S/C20H21N5O/c26-20(24-13-10-17(14-24)16-6-2-1-3-7-16)23-19-9-12-22-25(19)15-18-8-4-5-11-21-18/h1-9,11-12,17H,10,13-15H2,(H,23,26)/t17-/m0/s1. The zero-order valence-electron chi connectivity index (χ0n) is 14.5. The molecule has 1 aromatic carbocycles. The summed E-state index contributed by atoms with van der Waals surface area (Å²) >= 11 is 0. The summed E-state index contributed by atoms with van der Waals surface area (Å²) in [6, 6.07) is 17.9. The molecule has 0 spiro atoms. The van der Waals surface area contributed by atoms with Gasteiger partial charge >= 0.3 is 6.03 Å². The fraction of sp³-hybridized carbons (Fsp3) is 0.250. The van der Waals surface area contributed by atoms with E-state index in [4.69, 9.17) is 0 Å². The molecule has 2 amide bonds. The van der Waals surface area contributed by atoms with Crippen LogP contribution in [-0.4, -0.2) is 38.8 Å². The van der Waals surface area contributed by atoms with E-state index in [-0.39, 0.29) is 6.03 Å². The van der Waals surface area contributed by atoms with E-state index in [9.17, 15) is 4.79 Å². The van der Waals surface area contributed by atoms with Crippen molar-refractivity contribution in [3.05, 3.63) is 78.2 Å². The van der Waals surface area contributed by atoms with E-state index in [1.165, 1.54) is 5.56 Å². The molecule has 1 saturated heterocycles. The highest BCUT2D eigenvalue weighted by Crippen LogP contribution is 2.27. The van der Waals surface area contributed by atoms with Gasteiger partial charge in [-0.1, -0.05) is 36.4 Å². The predicted octanol–water partition coefficient (Wildman–Crippen LogP) is 3.35. The van der Waals surface area contributed by atoms with Gasteiger partial charge in [-0.3, -0.25) is 10.3 Å². The molecule has 132 valence electrons. The van der Waals surface area contributed by atoms with Gasteiger partial charge in [-0.25, -0.2) is 9.48 Å². The van der Waals surface area contributed by atoms with Crippen LogP contribution in [0.2, 0.25) is 0 Å². The normalized spacial score (nSPS) is 16.6. The minimum atomic E-state index is -0.0776. The van der Waals surface area contributed by atoms with E-state index in [1.54, 1.807) is 17.1 Å². The lowest BCUT2D eigenvalue weighted by molar-refractivity contribution is 0.221. The van der Waals surface area contributed by atoms with E-state index >= 15 is 0 Å². The van der Waals surface area contributed by atoms with Gasteiger partial charge in [-0.15, -0.1) is 0 Å². The number of anilines is 1. The summed E-state index contributed by atoms with van der Waals surface area (Å²) in [7, 11) is 0. The Labute approximate surface area is 152 Å². The summed E-state index contributed by atoms with van der Waals surface area (Å²) in [5, 5.41) is 7.28. The molecule has 1 aliphatic rings. The number of likely N-dealkylation sites (tertiary alicyclic amines) is 1. The molecule has 3 heterocycles. The molecule has 26 heavy (non-hydrogen) atoms. The highest BCUT2D eigenvalue weighted by Gasteiger charge is 2.27. The molecule has 0 unspecified atom stereocenters. The van der Waals surface area contributed by atoms with Gasteiger partial charge in [-0.05, 0) is 24.1 Å². The number of urea groups is 1. The van der Waals surface area contributed by atoms with Crippen molar-refractivity contribution in [3.8, 4) is 0 Å². The van der Waals surface area contributed by atoms with Crippen LogP contribution in [0.25, 0.3) is 0 Å². The number of nitrogens with zero attached hydrogens (tertiary/aromatic N) is 4. The molecule has 1 aliphatic heterocycles. The monoisotopic (exact) mass is 347 g/mol. The Kier molecular flexibility index (Phi) is 4.64. The third-order valence-electron chi connectivity index (χ3n) is 4.74. The summed E-state index contributed by atoms with van der Waals surface area (Å²) in [6.45, 7) is 2.03. The first-order valence-corrected chi connectivity index (χ1v) is 8.82. The van der Waals surface area contributed by atoms with E-state index in [1.807, 2.05) is 47.4 Å². The SMILES string of the molecule is O=C(Nc1ccnn1Cc1ccccn1)N1CC[C@H](c2ccccc2)C1. The lowest BCUT2D eigenvalue weighted by Crippen LogP contribution is -2.33. The molecule has 0 saturated carbocycles. The van der Waals surface area contributed by atoms with Crippen LogP contribution in [0.1, 0.15) is 23.6 Å². The summed E-state index contributed by atoms with van der Waals surface area (Å²) < 4.78 is 1.75. The molecule has 1 fully saturated rings. The Morgan fingerprint density at radius 1 is 1.08 bits per heavy atom. The van der Waals surface area contributed by atoms with Crippen molar-refractivity contribution in [2.45, 2.75) is 18.9 Å². The van der Waals surface area contributed by atoms with Crippen molar-refractivity contribution in [3.63, 3.8) is 0 Å². The van der Waals surface area contributed by atoms with Gasteiger partial charge in [0.2, 0.25) is 0 Å². The van der Waals surface area contributed by atoms with Gasteiger partial charge in [-0.2, -0.15) is 5.10 Å². The number of hydrogen-bond acceptors (Lipinski definition) is 3. The molecule has 0 radical (unpaired) electrons. The number of pyridine rings is 1. The van der Waals surface area contributed by atoms with E-state index < -0.39 is 0 Å². The fourth-order valence-electron chi connectivity index (χ4n) is 3.34. The Morgan fingerprint density at radius 3 is 2.73 bits per heavy atom. The summed E-state index contributed by atoms with van der Waals surface area (Å²) in [6.07, 6.45) is 4.44. The second kappa shape index (κ2) is 7.39. The molecule has 1 N–H and O–H groups in total. The van der Waals surface area contributed by atoms with Crippen molar-refractivity contribution in [2.75, 3.05) is 18.4 Å². The fourth-order valence-corrected chi connectivity index (χ4v) is 3.34. The Morgan fingerprint density at radius 2 is 1.92 bits per heavy atom. The second-order valence-corrected chi connectivity index (χ2v) is 6.47. The first-order valence-electron chi connectivity index (χ1n) is 8.82. The van der Waals surface area contributed by atoms with Crippen LogP contribution in [0.4, 0.5) is 10.6 Å². The van der Waals surface area contributed by atoms with Crippen molar-refractivity contribution in [1.82, 2.24) is 19.7 Å². The zero-order valence-corrected chi connectivity index (χ0v) is 14.5. The topological polar surface area (TPSA) is 63.1 Å². The summed E-state index contributed by atoms with van der Waals surface area (Å²) in [5.74, 6) is 1.09. The lowest BCUT2D eigenvalue weighted by Gasteiger charge is -2.18. The van der Waals surface area contributed by atoms with E-state index in [0.717, 1.165) is 25.2 Å². The third kappa shape index (κ3) is 3.59. The van der Waals surface area contributed by atoms with E-state index in [2.05, 4.69) is 27.5 Å². The highest BCUT2D eigenvalue weighted by molar-refractivity contribution is 5.88. The largest absolute Gasteiger partial charge is 0.324 e. The van der Waals surface area contributed by atoms with Gasteiger partial charge in [0.25, 0.3) is 0 Å². The molecule has 6 nitrogen and oxygen atoms in total. The molecule has 1 atom stereocenters. The Balaban J connectivity index is 1.39. The first-order chi connectivity index (χ1) is 12.8. The van der Waals surface area contributed by atoms with Gasteiger partial charge in [0.15, 0.2) is 0 Å². The van der Waals surface area contributed by atoms with Gasteiger partial charge < -0.3 is 4.90 Å². The number of aromatic nitrogens is 3. The average molecular weight is 347 g/mol. The van der Waals surface area contributed by atoms with Crippen molar-refractivity contribution >= 4 is 11.8 Å². The van der Waals surface area contributed by atoms with Crippen LogP contribution < -0.4 is 5.32 Å². The third-order valence-corrected chi connectivity index (χ3v) is 4.74. The van der Waals surface area contributed by atoms with Gasteiger partial charge in [0, 0.05) is 31.3 Å². The maximum Gasteiger partial charge on any atom is 0.323 e. The maximum atomic E-state index is 12.7. The first kappa shape index (κ1) is 16.3. The van der Waals surface area contributed by atoms with Crippen molar-refractivity contribution < 1.29 is 4.79 Å². The molecule has 3 aromatic rings. The van der Waals surface area contributed by atoms with Gasteiger partial charge in [0.1, 0.15) is 5.82 Å². The molecule has 6 heteroatoms. The molecule has 0 aliphatic carbocycles. The number of carbonyl (C=O) groups is 1. The summed E-state index contributed by atoms with van der Waals surface area (Å²) in [5.41, 5.74) is 2.19. The van der Waals surface area contributed by atoms with Crippen molar-refractivity contribution in [1.29, 1.82) is 0 Å². The van der Waals surface area contributed by atoms with Crippen LogP contribution in [0, 0.1) is 0 Å². The molecule has 4 rings (SSSR count). The predicted molar refractivity (Wildman–Crippen MR) is 100.0 cm³/mol. The lowest BCUT2D eigenvalue weighted by atomic mass is 9.99. The minimum Gasteiger partial charge on any atom is -0.324 e. The Hall–Kier alpha value is -3.15. The van der Waals surface area contributed by atoms with Crippen LogP contribution in [0.3, 0.4) is 0 Å². The minimum absolute atomic E-state index is 0.0776. The average Bonchev–Trinajstić information content (AvgIpc) is 3.34. The molecule has 0 bridgehead atoms. The van der Waals surface area contributed by atoms with Crippen LogP contribution >= 0.6 is 0 Å². The number of nitrogens with one attached hydrogen (secondary N) is 1. The smallest absolute Gasteiger partial charge is 0.323 e. The zero-order chi connectivity index (χ0) is 17.8. The van der Waals surface area contributed by atoms with Crippen molar-refractivity contribution in [2.24, 2.45) is 0 Å². The number of carbonyl (C=O) groups excluding carboxylic acids is 1. The number of benzene rings is 1. The van der Waals surface area contributed by atoms with Crippen LogP contribution in [0.5, 0.6) is 0 Å². The van der Waals surface area contributed by atoms with Crippen LogP contribution in [-0.2, 0) is 6.54 Å². The molecule has 2 aromatic heterocycles. The number of rotatable bonds is 4. The quantitative estimate of drug-likeness (QED) is 0.787. The molecular weight excluding hydrogens is 326 g/mol. The van der Waals surface area contributed by atoms with Gasteiger partial charge in [0.05, 0.1) is 18.4 Å². The summed E-state index contributed by atoms with van der Waals surface area (Å²) in [4.78, 5) is 18.8. The molecular formula is C20H21N5O. The van der Waals surface area contributed by atoms with E-state index in [0.29, 0.717) is 18.3 Å². The maximum absolute atomic E-state index is 12.7.